The molecular formula is C8H3ClF6N4. The van der Waals surface area contributed by atoms with E-state index in [0.29, 0.717) is 4.52 Å². The molecule has 0 radical (unpaired) electrons. The number of halogens is 7. The highest BCUT2D eigenvalue weighted by Gasteiger charge is 2.60. The molecule has 4 nitrogen and oxygen atoms in total. The number of aromatic nitrogens is 4. The topological polar surface area (TPSA) is 43.1 Å². The normalized spacial score (nSPS) is 13.5. The lowest BCUT2D eigenvalue weighted by molar-refractivity contribution is -0.255. The van der Waals surface area contributed by atoms with E-state index < -0.39 is 24.1 Å². The lowest BCUT2D eigenvalue weighted by Gasteiger charge is -2.20. The summed E-state index contributed by atoms with van der Waals surface area (Å²) in [6.45, 7) is 0. The van der Waals surface area contributed by atoms with E-state index in [1.165, 1.54) is 6.07 Å². The molecule has 0 saturated carbocycles. The highest BCUT2D eigenvalue weighted by molar-refractivity contribution is 6.29. The molecule has 0 atom stereocenters. The molecule has 0 saturated heterocycles. The second kappa shape index (κ2) is 4.22. The molecule has 0 aromatic carbocycles. The van der Waals surface area contributed by atoms with Gasteiger partial charge in [0.05, 0.1) is 0 Å². The lowest BCUT2D eigenvalue weighted by Crippen LogP contribution is -2.35. The van der Waals surface area contributed by atoms with E-state index in [2.05, 4.69) is 15.3 Å². The lowest BCUT2D eigenvalue weighted by atomic mass is 10.1. The summed E-state index contributed by atoms with van der Waals surface area (Å²) in [7, 11) is 0. The smallest absolute Gasteiger partial charge is 0.195 e. The minimum absolute atomic E-state index is 0.266. The summed E-state index contributed by atoms with van der Waals surface area (Å²) in [5.41, 5.74) is -0.266. The Morgan fingerprint density at radius 2 is 1.58 bits per heavy atom. The highest BCUT2D eigenvalue weighted by atomic mass is 35.5. The molecular weight excluding hydrogens is 302 g/mol. The van der Waals surface area contributed by atoms with Crippen molar-refractivity contribution in [1.82, 2.24) is 19.8 Å². The molecule has 104 valence electrons. The van der Waals surface area contributed by atoms with Crippen LogP contribution in [0.15, 0.2) is 12.1 Å². The molecule has 0 aliphatic rings. The third-order valence-corrected chi connectivity index (χ3v) is 2.37. The molecule has 0 unspecified atom stereocenters. The van der Waals surface area contributed by atoms with Gasteiger partial charge in [-0.3, -0.25) is 0 Å². The number of hydrogen-bond donors (Lipinski definition) is 0. The van der Waals surface area contributed by atoms with Crippen LogP contribution in [0.3, 0.4) is 0 Å². The third-order valence-electron chi connectivity index (χ3n) is 2.17. The van der Waals surface area contributed by atoms with Gasteiger partial charge in [0.25, 0.3) is 0 Å². The van der Waals surface area contributed by atoms with E-state index in [0.717, 1.165) is 6.07 Å². The SMILES string of the molecule is FC(F)(F)C(c1nnc2ccc(Cl)nn12)C(F)(F)F. The highest BCUT2D eigenvalue weighted by Crippen LogP contribution is 2.45. The maximum atomic E-state index is 12.5. The van der Waals surface area contributed by atoms with Crippen LogP contribution in [-0.4, -0.2) is 32.2 Å². The molecule has 2 rings (SSSR count). The van der Waals surface area contributed by atoms with Crippen molar-refractivity contribution < 1.29 is 26.3 Å². The minimum atomic E-state index is -5.56. The Morgan fingerprint density at radius 3 is 2.11 bits per heavy atom. The first-order valence-corrected chi connectivity index (χ1v) is 5.00. The van der Waals surface area contributed by atoms with Crippen LogP contribution in [0.25, 0.3) is 5.65 Å². The van der Waals surface area contributed by atoms with E-state index >= 15 is 0 Å². The van der Waals surface area contributed by atoms with E-state index in [4.69, 9.17) is 11.6 Å². The van der Waals surface area contributed by atoms with Crippen molar-refractivity contribution in [2.45, 2.75) is 18.3 Å². The number of nitrogens with zero attached hydrogens (tertiary/aromatic N) is 4. The van der Waals surface area contributed by atoms with Gasteiger partial charge in [0.15, 0.2) is 11.5 Å². The summed E-state index contributed by atoms with van der Waals surface area (Å²) in [6.07, 6.45) is -11.1. The molecule has 0 N–H and O–H groups in total. The molecule has 19 heavy (non-hydrogen) atoms. The van der Waals surface area contributed by atoms with Crippen molar-refractivity contribution in [3.8, 4) is 0 Å². The minimum Gasteiger partial charge on any atom is -0.195 e. The summed E-state index contributed by atoms with van der Waals surface area (Å²) in [5, 5.41) is 9.18. The van der Waals surface area contributed by atoms with Gasteiger partial charge in [0, 0.05) is 0 Å². The van der Waals surface area contributed by atoms with Gasteiger partial charge in [-0.05, 0) is 12.1 Å². The van der Waals surface area contributed by atoms with E-state index in [9.17, 15) is 26.3 Å². The number of rotatable bonds is 1. The van der Waals surface area contributed by atoms with E-state index in [1.54, 1.807) is 0 Å². The predicted octanol–water partition coefficient (Wildman–Crippen LogP) is 2.99. The third kappa shape index (κ3) is 2.57. The summed E-state index contributed by atoms with van der Waals surface area (Å²) in [6, 6.07) is 2.28. The Hall–Kier alpha value is -1.58. The van der Waals surface area contributed by atoms with Crippen LogP contribution >= 0.6 is 11.6 Å². The van der Waals surface area contributed by atoms with Crippen molar-refractivity contribution in [1.29, 1.82) is 0 Å². The number of fused-ring (bicyclic) bond motifs is 1. The van der Waals surface area contributed by atoms with Gasteiger partial charge in [-0.15, -0.1) is 10.2 Å². The van der Waals surface area contributed by atoms with Crippen molar-refractivity contribution in [3.63, 3.8) is 0 Å². The molecule has 2 aromatic heterocycles. The standard InChI is InChI=1S/C8H3ClF6N4/c9-3-1-2-4-16-17-6(19(4)18-3)5(7(10,11)12)8(13,14)15/h1-2,5H. The second-order valence-electron chi connectivity index (χ2n) is 3.50. The molecule has 0 amide bonds. The summed E-state index contributed by atoms with van der Waals surface area (Å²) >= 11 is 5.43. The number of hydrogen-bond acceptors (Lipinski definition) is 3. The van der Waals surface area contributed by atoms with Gasteiger partial charge in [-0.1, -0.05) is 11.6 Å². The van der Waals surface area contributed by atoms with Crippen molar-refractivity contribution in [2.24, 2.45) is 0 Å². The predicted molar refractivity (Wildman–Crippen MR) is 50.6 cm³/mol. The summed E-state index contributed by atoms with van der Waals surface area (Å²) in [4.78, 5) is 0. The molecule has 0 spiro atoms. The second-order valence-corrected chi connectivity index (χ2v) is 3.89. The van der Waals surface area contributed by atoms with Gasteiger partial charge < -0.3 is 0 Å². The zero-order chi connectivity index (χ0) is 14.4. The molecule has 11 heteroatoms. The van der Waals surface area contributed by atoms with Crippen LogP contribution in [0.5, 0.6) is 0 Å². The van der Waals surface area contributed by atoms with Gasteiger partial charge >= 0.3 is 12.4 Å². The Bertz CT molecular complexity index is 589. The first-order valence-electron chi connectivity index (χ1n) is 4.62. The Balaban J connectivity index is 2.67. The molecule has 0 aliphatic heterocycles. The first-order chi connectivity index (χ1) is 8.60. The molecule has 0 aliphatic carbocycles. The van der Waals surface area contributed by atoms with Crippen molar-refractivity contribution in [3.05, 3.63) is 23.1 Å². The zero-order valence-corrected chi connectivity index (χ0v) is 9.42. The average molecular weight is 305 g/mol. The maximum Gasteiger partial charge on any atom is 0.407 e. The van der Waals surface area contributed by atoms with Crippen LogP contribution in [0.4, 0.5) is 26.3 Å². The van der Waals surface area contributed by atoms with Crippen LogP contribution < -0.4 is 0 Å². The molecule has 0 fully saturated rings. The Morgan fingerprint density at radius 1 is 1.00 bits per heavy atom. The Labute approximate surface area is 106 Å². The van der Waals surface area contributed by atoms with Gasteiger partial charge in [-0.2, -0.15) is 36.0 Å². The van der Waals surface area contributed by atoms with E-state index in [1.807, 2.05) is 0 Å². The summed E-state index contributed by atoms with van der Waals surface area (Å²) < 4.78 is 75.6. The summed E-state index contributed by atoms with van der Waals surface area (Å²) in [5.74, 6) is -5.15. The van der Waals surface area contributed by atoms with Crippen molar-refractivity contribution >= 4 is 17.2 Å². The largest absolute Gasteiger partial charge is 0.407 e. The van der Waals surface area contributed by atoms with Gasteiger partial charge in [0.1, 0.15) is 5.15 Å². The fourth-order valence-electron chi connectivity index (χ4n) is 1.44. The fourth-order valence-corrected chi connectivity index (χ4v) is 1.58. The first kappa shape index (κ1) is 13.8. The van der Waals surface area contributed by atoms with Crippen molar-refractivity contribution in [2.75, 3.05) is 0 Å². The van der Waals surface area contributed by atoms with Crippen LogP contribution in [0.2, 0.25) is 5.15 Å². The monoisotopic (exact) mass is 304 g/mol. The van der Waals surface area contributed by atoms with Crippen LogP contribution in [-0.2, 0) is 0 Å². The molecule has 2 heterocycles. The molecule has 0 bridgehead atoms. The van der Waals surface area contributed by atoms with Crippen LogP contribution in [0.1, 0.15) is 11.7 Å². The van der Waals surface area contributed by atoms with Crippen LogP contribution in [0, 0.1) is 0 Å². The average Bonchev–Trinajstić information content (AvgIpc) is 2.57. The number of alkyl halides is 6. The Kier molecular flexibility index (Phi) is 3.07. The molecule has 2 aromatic rings. The zero-order valence-electron chi connectivity index (χ0n) is 8.67. The van der Waals surface area contributed by atoms with Gasteiger partial charge in [0.2, 0.25) is 5.92 Å². The van der Waals surface area contributed by atoms with Gasteiger partial charge in [-0.25, -0.2) is 0 Å². The fraction of sp³-hybridized carbons (Fsp3) is 0.375. The quantitative estimate of drug-likeness (QED) is 0.761. The maximum absolute atomic E-state index is 12.5. The van der Waals surface area contributed by atoms with E-state index in [-0.39, 0.29) is 10.8 Å².